The van der Waals surface area contributed by atoms with Crippen LogP contribution >= 0.6 is 47.0 Å². The van der Waals surface area contributed by atoms with Crippen molar-refractivity contribution in [1.29, 1.82) is 0 Å². The zero-order chi connectivity index (χ0) is 21.0. The summed E-state index contributed by atoms with van der Waals surface area (Å²) in [5.41, 5.74) is 0.695. The standard InChI is InChI=1S/C19H12Cl3N3O3S/c20-11-4-6-14(7-5-11)28-15-9-12(8-13(10-15)25(26)27)23-19(29)24-17-3-1-2-16(21)18(17)22/h1-10H,(H2,23,24,29). The molecule has 0 atom stereocenters. The maximum Gasteiger partial charge on any atom is 0.275 e. The number of hydrogen-bond acceptors (Lipinski definition) is 4. The van der Waals surface area contributed by atoms with E-state index in [1.807, 2.05) is 0 Å². The second-order valence-corrected chi connectivity index (χ2v) is 7.34. The fraction of sp³-hybridized carbons (Fsp3) is 0. The highest BCUT2D eigenvalue weighted by molar-refractivity contribution is 7.80. The molecule has 0 radical (unpaired) electrons. The van der Waals surface area contributed by atoms with Crippen molar-refractivity contribution in [3.63, 3.8) is 0 Å². The van der Waals surface area contributed by atoms with E-state index in [1.165, 1.54) is 12.1 Å². The molecule has 0 spiro atoms. The van der Waals surface area contributed by atoms with Gasteiger partial charge in [0.2, 0.25) is 0 Å². The maximum absolute atomic E-state index is 11.3. The molecule has 0 amide bonds. The molecule has 0 saturated heterocycles. The van der Waals surface area contributed by atoms with Crippen LogP contribution < -0.4 is 15.4 Å². The van der Waals surface area contributed by atoms with E-state index in [9.17, 15) is 10.1 Å². The van der Waals surface area contributed by atoms with Crippen LogP contribution in [0.1, 0.15) is 0 Å². The number of nitrogens with one attached hydrogen (secondary N) is 2. The molecule has 10 heteroatoms. The van der Waals surface area contributed by atoms with Crippen molar-refractivity contribution in [2.75, 3.05) is 10.6 Å². The molecule has 0 fully saturated rings. The Labute approximate surface area is 186 Å². The molecule has 0 aliphatic carbocycles. The quantitative estimate of drug-likeness (QED) is 0.235. The Kier molecular flexibility index (Phi) is 6.76. The Morgan fingerprint density at radius 2 is 1.69 bits per heavy atom. The number of non-ortho nitro benzene ring substituents is 1. The number of hydrogen-bond donors (Lipinski definition) is 2. The number of nitro groups is 1. The molecule has 0 bridgehead atoms. The van der Waals surface area contributed by atoms with Crippen LogP contribution in [-0.4, -0.2) is 10.0 Å². The Balaban J connectivity index is 1.81. The SMILES string of the molecule is O=[N+]([O-])c1cc(NC(=S)Nc2cccc(Cl)c2Cl)cc(Oc2ccc(Cl)cc2)c1. The van der Waals surface area contributed by atoms with Crippen molar-refractivity contribution in [1.82, 2.24) is 0 Å². The lowest BCUT2D eigenvalue weighted by atomic mass is 10.2. The van der Waals surface area contributed by atoms with Crippen molar-refractivity contribution in [3.8, 4) is 11.5 Å². The van der Waals surface area contributed by atoms with Gasteiger partial charge in [-0.2, -0.15) is 0 Å². The van der Waals surface area contributed by atoms with Crippen LogP contribution in [-0.2, 0) is 0 Å². The first-order valence-electron chi connectivity index (χ1n) is 8.07. The summed E-state index contributed by atoms with van der Waals surface area (Å²) >= 11 is 23.2. The first-order valence-corrected chi connectivity index (χ1v) is 9.61. The number of ether oxygens (including phenoxy) is 1. The summed E-state index contributed by atoms with van der Waals surface area (Å²) < 4.78 is 5.69. The van der Waals surface area contributed by atoms with Crippen molar-refractivity contribution in [2.45, 2.75) is 0 Å². The molecular formula is C19H12Cl3N3O3S. The Hall–Kier alpha value is -2.58. The van der Waals surface area contributed by atoms with E-state index in [1.54, 1.807) is 48.5 Å². The van der Waals surface area contributed by atoms with Gasteiger partial charge < -0.3 is 15.4 Å². The van der Waals surface area contributed by atoms with Crippen LogP contribution in [0.4, 0.5) is 17.1 Å². The van der Waals surface area contributed by atoms with Gasteiger partial charge in [-0.05, 0) is 48.6 Å². The number of nitro benzene ring substituents is 1. The summed E-state index contributed by atoms with van der Waals surface area (Å²) in [4.78, 5) is 10.8. The molecule has 0 aliphatic rings. The number of benzene rings is 3. The molecule has 6 nitrogen and oxygen atoms in total. The summed E-state index contributed by atoms with van der Waals surface area (Å²) in [7, 11) is 0. The van der Waals surface area contributed by atoms with Gasteiger partial charge in [0.1, 0.15) is 11.5 Å². The van der Waals surface area contributed by atoms with Crippen molar-refractivity contribution < 1.29 is 9.66 Å². The van der Waals surface area contributed by atoms with E-state index < -0.39 is 4.92 Å². The molecule has 0 aliphatic heterocycles. The molecule has 3 aromatic carbocycles. The normalized spacial score (nSPS) is 10.3. The molecule has 0 saturated carbocycles. The summed E-state index contributed by atoms with van der Waals surface area (Å²) in [5.74, 6) is 0.736. The predicted octanol–water partition coefficient (Wildman–Crippen LogP) is 7.16. The van der Waals surface area contributed by atoms with Gasteiger partial charge in [0.05, 0.1) is 32.4 Å². The third-order valence-electron chi connectivity index (χ3n) is 3.61. The molecule has 148 valence electrons. The minimum atomic E-state index is -0.524. The molecule has 0 heterocycles. The molecule has 29 heavy (non-hydrogen) atoms. The van der Waals surface area contributed by atoms with Crippen molar-refractivity contribution >= 4 is 69.2 Å². The van der Waals surface area contributed by atoms with Crippen LogP contribution in [0.2, 0.25) is 15.1 Å². The molecule has 0 aromatic heterocycles. The Bertz CT molecular complexity index is 1080. The lowest BCUT2D eigenvalue weighted by Crippen LogP contribution is -2.19. The first-order chi connectivity index (χ1) is 13.8. The van der Waals surface area contributed by atoms with Crippen LogP contribution in [0.3, 0.4) is 0 Å². The zero-order valence-electron chi connectivity index (χ0n) is 14.5. The number of halogens is 3. The topological polar surface area (TPSA) is 76.4 Å². The van der Waals surface area contributed by atoms with Gasteiger partial charge in [0, 0.05) is 17.2 Å². The minimum absolute atomic E-state index is 0.164. The average Bonchev–Trinajstić information content (AvgIpc) is 2.67. The van der Waals surface area contributed by atoms with E-state index in [2.05, 4.69) is 10.6 Å². The Morgan fingerprint density at radius 1 is 0.966 bits per heavy atom. The number of nitrogens with zero attached hydrogens (tertiary/aromatic N) is 1. The maximum atomic E-state index is 11.3. The predicted molar refractivity (Wildman–Crippen MR) is 121 cm³/mol. The lowest BCUT2D eigenvalue weighted by molar-refractivity contribution is -0.384. The third kappa shape index (κ3) is 5.71. The smallest absolute Gasteiger partial charge is 0.275 e. The summed E-state index contributed by atoms with van der Waals surface area (Å²) in [5, 5.41) is 18.5. The molecule has 3 aromatic rings. The highest BCUT2D eigenvalue weighted by Crippen LogP contribution is 2.32. The fourth-order valence-corrected chi connectivity index (χ4v) is 3.05. The highest BCUT2D eigenvalue weighted by Gasteiger charge is 2.13. The molecule has 0 unspecified atom stereocenters. The number of anilines is 2. The van der Waals surface area contributed by atoms with E-state index in [4.69, 9.17) is 51.8 Å². The second-order valence-electron chi connectivity index (χ2n) is 5.71. The van der Waals surface area contributed by atoms with Crippen LogP contribution in [0, 0.1) is 10.1 Å². The fourth-order valence-electron chi connectivity index (χ4n) is 2.34. The summed E-state index contributed by atoms with van der Waals surface area (Å²) in [6, 6.07) is 15.9. The van der Waals surface area contributed by atoms with Crippen LogP contribution in [0.15, 0.2) is 60.7 Å². The largest absolute Gasteiger partial charge is 0.457 e. The molecular weight excluding hydrogens is 457 g/mol. The van der Waals surface area contributed by atoms with Crippen LogP contribution in [0.25, 0.3) is 0 Å². The van der Waals surface area contributed by atoms with E-state index in [-0.39, 0.29) is 16.5 Å². The van der Waals surface area contributed by atoms with Gasteiger partial charge in [-0.15, -0.1) is 0 Å². The van der Waals surface area contributed by atoms with E-state index >= 15 is 0 Å². The van der Waals surface area contributed by atoms with Gasteiger partial charge in [0.15, 0.2) is 5.11 Å². The molecule has 3 rings (SSSR count). The van der Waals surface area contributed by atoms with Gasteiger partial charge in [-0.25, -0.2) is 0 Å². The van der Waals surface area contributed by atoms with E-state index in [0.29, 0.717) is 32.2 Å². The van der Waals surface area contributed by atoms with Gasteiger partial charge in [0.25, 0.3) is 5.69 Å². The first kappa shape index (κ1) is 21.1. The molecule has 2 N–H and O–H groups in total. The number of rotatable bonds is 5. The van der Waals surface area contributed by atoms with Crippen molar-refractivity contribution in [3.05, 3.63) is 85.8 Å². The Morgan fingerprint density at radius 3 is 2.38 bits per heavy atom. The van der Waals surface area contributed by atoms with Crippen molar-refractivity contribution in [2.24, 2.45) is 0 Å². The van der Waals surface area contributed by atoms with Gasteiger partial charge in [-0.3, -0.25) is 10.1 Å². The highest BCUT2D eigenvalue weighted by atomic mass is 35.5. The van der Waals surface area contributed by atoms with Gasteiger partial charge in [-0.1, -0.05) is 40.9 Å². The zero-order valence-corrected chi connectivity index (χ0v) is 17.6. The minimum Gasteiger partial charge on any atom is -0.457 e. The monoisotopic (exact) mass is 467 g/mol. The van der Waals surface area contributed by atoms with E-state index in [0.717, 1.165) is 0 Å². The van der Waals surface area contributed by atoms with Crippen LogP contribution in [0.5, 0.6) is 11.5 Å². The summed E-state index contributed by atoms with van der Waals surface area (Å²) in [6.07, 6.45) is 0. The second kappa shape index (κ2) is 9.28. The van der Waals surface area contributed by atoms with Gasteiger partial charge >= 0.3 is 0 Å². The average molecular weight is 469 g/mol. The lowest BCUT2D eigenvalue weighted by Gasteiger charge is -2.13. The third-order valence-corrected chi connectivity index (χ3v) is 4.88. The number of thiocarbonyl (C=S) groups is 1. The summed E-state index contributed by atoms with van der Waals surface area (Å²) in [6.45, 7) is 0.